The molecule has 1 heterocycles. The number of carbonyl (C=O) groups excluding carboxylic acids is 1. The second-order valence-corrected chi connectivity index (χ2v) is 9.09. The molecule has 170 valence electrons. The summed E-state index contributed by atoms with van der Waals surface area (Å²) >= 11 is 0. The lowest BCUT2D eigenvalue weighted by Gasteiger charge is -2.31. The number of para-hydroxylation sites is 2. The maximum atomic E-state index is 14.6. The third-order valence-corrected chi connectivity index (χ3v) is 7.09. The molecule has 4 aromatic carbocycles. The van der Waals surface area contributed by atoms with E-state index < -0.39 is 5.41 Å². The highest BCUT2D eigenvalue weighted by molar-refractivity contribution is 6.17. The molecule has 0 saturated heterocycles. The predicted molar refractivity (Wildman–Crippen MR) is 141 cm³/mol. The van der Waals surface area contributed by atoms with E-state index in [2.05, 4.69) is 74.5 Å². The number of unbranched alkanes of at least 4 members (excludes halogenated alkanes) is 1. The number of rotatable bonds is 7. The van der Waals surface area contributed by atoms with E-state index in [9.17, 15) is 4.79 Å². The Morgan fingerprint density at radius 3 is 1.88 bits per heavy atom. The van der Waals surface area contributed by atoms with Crippen LogP contribution in [0.3, 0.4) is 0 Å². The van der Waals surface area contributed by atoms with Gasteiger partial charge in [-0.2, -0.15) is 0 Å². The van der Waals surface area contributed by atoms with Gasteiger partial charge in [0.05, 0.1) is 5.69 Å². The van der Waals surface area contributed by atoms with E-state index in [0.29, 0.717) is 0 Å². The van der Waals surface area contributed by atoms with Crippen LogP contribution in [0.2, 0.25) is 0 Å². The maximum Gasteiger partial charge on any atom is 0.251 e. The summed E-state index contributed by atoms with van der Waals surface area (Å²) in [5.74, 6) is 0.0745. The molecule has 1 amide bonds. The summed E-state index contributed by atoms with van der Waals surface area (Å²) < 4.78 is 0. The second kappa shape index (κ2) is 9.30. The Bertz CT molecular complexity index is 1270. The van der Waals surface area contributed by atoms with E-state index in [0.717, 1.165) is 40.9 Å². The largest absolute Gasteiger partial charge is 0.279 e. The molecular formula is C32H31NO. The summed E-state index contributed by atoms with van der Waals surface area (Å²) in [6.45, 7) is 4.38. The minimum atomic E-state index is -0.887. The highest BCUT2D eigenvalue weighted by Crippen LogP contribution is 2.52. The van der Waals surface area contributed by atoms with Crippen molar-refractivity contribution in [2.45, 2.75) is 44.9 Å². The monoisotopic (exact) mass is 445 g/mol. The van der Waals surface area contributed by atoms with Crippen molar-refractivity contribution in [1.82, 2.24) is 0 Å². The Kier molecular flexibility index (Phi) is 6.06. The number of nitrogens with zero attached hydrogens (tertiary/aromatic N) is 1. The topological polar surface area (TPSA) is 20.3 Å². The minimum absolute atomic E-state index is 0.0745. The Labute approximate surface area is 202 Å². The highest BCUT2D eigenvalue weighted by Gasteiger charge is 2.53. The fourth-order valence-corrected chi connectivity index (χ4v) is 5.23. The van der Waals surface area contributed by atoms with Crippen LogP contribution in [0.1, 0.15) is 54.5 Å². The molecule has 0 N–H and O–H groups in total. The first-order valence-corrected chi connectivity index (χ1v) is 12.4. The zero-order valence-electron chi connectivity index (χ0n) is 20.0. The molecule has 1 aliphatic heterocycles. The zero-order valence-corrected chi connectivity index (χ0v) is 20.0. The molecule has 0 spiro atoms. The lowest BCUT2D eigenvalue weighted by molar-refractivity contribution is -0.120. The predicted octanol–water partition coefficient (Wildman–Crippen LogP) is 7.60. The lowest BCUT2D eigenvalue weighted by Crippen LogP contribution is -2.40. The molecule has 1 unspecified atom stereocenters. The van der Waals surface area contributed by atoms with Gasteiger partial charge in [0.15, 0.2) is 0 Å². The van der Waals surface area contributed by atoms with Gasteiger partial charge in [0.2, 0.25) is 0 Å². The van der Waals surface area contributed by atoms with Gasteiger partial charge in [-0.25, -0.2) is 0 Å². The van der Waals surface area contributed by atoms with Crippen LogP contribution >= 0.6 is 0 Å². The summed E-state index contributed by atoms with van der Waals surface area (Å²) in [5.41, 5.74) is 6.62. The molecule has 0 saturated carbocycles. The summed E-state index contributed by atoms with van der Waals surface area (Å²) in [7, 11) is 0. The van der Waals surface area contributed by atoms with Gasteiger partial charge >= 0.3 is 0 Å². The van der Waals surface area contributed by atoms with Crippen molar-refractivity contribution in [3.05, 3.63) is 131 Å². The molecule has 0 radical (unpaired) electrons. The van der Waals surface area contributed by atoms with Crippen molar-refractivity contribution in [2.75, 3.05) is 4.90 Å². The molecule has 4 aromatic rings. The second-order valence-electron chi connectivity index (χ2n) is 9.09. The first kappa shape index (κ1) is 22.2. The van der Waals surface area contributed by atoms with Crippen molar-refractivity contribution < 1.29 is 4.79 Å². The maximum absolute atomic E-state index is 14.6. The number of benzene rings is 4. The van der Waals surface area contributed by atoms with Crippen LogP contribution in [0.5, 0.6) is 0 Å². The van der Waals surface area contributed by atoms with E-state index in [1.807, 2.05) is 47.4 Å². The number of fused-ring (bicyclic) bond motifs is 1. The van der Waals surface area contributed by atoms with Gasteiger partial charge in [-0.15, -0.1) is 0 Å². The summed E-state index contributed by atoms with van der Waals surface area (Å²) in [5, 5.41) is 0. The van der Waals surface area contributed by atoms with Gasteiger partial charge in [-0.3, -0.25) is 9.69 Å². The molecule has 0 bridgehead atoms. The van der Waals surface area contributed by atoms with Crippen molar-refractivity contribution in [3.8, 4) is 0 Å². The third-order valence-electron chi connectivity index (χ3n) is 7.09. The average Bonchev–Trinajstić information content (AvgIpc) is 3.17. The van der Waals surface area contributed by atoms with Crippen molar-refractivity contribution in [3.63, 3.8) is 0 Å². The first-order chi connectivity index (χ1) is 16.7. The average molecular weight is 446 g/mol. The van der Waals surface area contributed by atoms with E-state index in [4.69, 9.17) is 0 Å². The summed E-state index contributed by atoms with van der Waals surface area (Å²) in [6, 6.07) is 35.6. The normalized spacial score (nSPS) is 17.1. The van der Waals surface area contributed by atoms with Crippen LogP contribution in [0, 0.1) is 0 Å². The Balaban J connectivity index is 1.75. The minimum Gasteiger partial charge on any atom is -0.279 e. The number of amides is 1. The highest BCUT2D eigenvalue weighted by atomic mass is 16.2. The number of hydrogen-bond acceptors (Lipinski definition) is 1. The number of carbonyl (C=O) groups is 1. The van der Waals surface area contributed by atoms with Crippen LogP contribution in [0.25, 0.3) is 0 Å². The van der Waals surface area contributed by atoms with Crippen molar-refractivity contribution >= 4 is 17.3 Å². The SMILES string of the molecule is CCCCc1ccc(C2(c3ccc(CC)cc3)C(=O)N(c3ccccc3)c3ccccc32)cc1. The quantitative estimate of drug-likeness (QED) is 0.287. The number of anilines is 2. The van der Waals surface area contributed by atoms with E-state index in [-0.39, 0.29) is 5.91 Å². The molecule has 1 atom stereocenters. The van der Waals surface area contributed by atoms with Gasteiger partial charge in [0.25, 0.3) is 5.91 Å². The zero-order chi connectivity index (χ0) is 23.5. The van der Waals surface area contributed by atoms with Gasteiger partial charge in [0, 0.05) is 11.3 Å². The van der Waals surface area contributed by atoms with Crippen molar-refractivity contribution in [1.29, 1.82) is 0 Å². The third kappa shape index (κ3) is 3.54. The van der Waals surface area contributed by atoms with Gasteiger partial charge in [-0.05, 0) is 59.7 Å². The Hall–Kier alpha value is -3.65. The van der Waals surface area contributed by atoms with Crippen LogP contribution in [-0.4, -0.2) is 5.91 Å². The van der Waals surface area contributed by atoms with E-state index in [1.54, 1.807) is 0 Å². The van der Waals surface area contributed by atoms with Crippen LogP contribution in [-0.2, 0) is 23.1 Å². The molecular weight excluding hydrogens is 414 g/mol. The number of hydrogen-bond donors (Lipinski definition) is 0. The molecule has 34 heavy (non-hydrogen) atoms. The van der Waals surface area contributed by atoms with Gasteiger partial charge < -0.3 is 0 Å². The molecule has 1 aliphatic rings. The molecule has 0 aliphatic carbocycles. The molecule has 5 rings (SSSR count). The standard InChI is InChI=1S/C32H31NO/c1-3-5-11-25-18-22-27(23-19-25)32(26-20-16-24(4-2)17-21-26)29-14-9-10-15-30(29)33(31(32)34)28-12-7-6-8-13-28/h6-10,12-23H,3-5,11H2,1-2H3. The fraction of sp³-hybridized carbons (Fsp3) is 0.219. The smallest absolute Gasteiger partial charge is 0.251 e. The molecule has 0 fully saturated rings. The first-order valence-electron chi connectivity index (χ1n) is 12.4. The summed E-state index contributed by atoms with van der Waals surface area (Å²) in [4.78, 5) is 16.5. The molecule has 2 nitrogen and oxygen atoms in total. The van der Waals surface area contributed by atoms with E-state index >= 15 is 0 Å². The molecule has 0 aromatic heterocycles. The molecule has 2 heteroatoms. The summed E-state index contributed by atoms with van der Waals surface area (Å²) in [6.07, 6.45) is 4.38. The van der Waals surface area contributed by atoms with Gasteiger partial charge in [-0.1, -0.05) is 105 Å². The van der Waals surface area contributed by atoms with Crippen LogP contribution in [0.15, 0.2) is 103 Å². The van der Waals surface area contributed by atoms with Crippen LogP contribution < -0.4 is 4.90 Å². The number of aryl methyl sites for hydroxylation is 2. The van der Waals surface area contributed by atoms with E-state index in [1.165, 1.54) is 24.0 Å². The Morgan fingerprint density at radius 2 is 1.26 bits per heavy atom. The fourth-order valence-electron chi connectivity index (χ4n) is 5.23. The van der Waals surface area contributed by atoms with Crippen molar-refractivity contribution in [2.24, 2.45) is 0 Å². The Morgan fingerprint density at radius 1 is 0.676 bits per heavy atom. The lowest BCUT2D eigenvalue weighted by atomic mass is 9.70. The van der Waals surface area contributed by atoms with Crippen LogP contribution in [0.4, 0.5) is 11.4 Å². The van der Waals surface area contributed by atoms with Gasteiger partial charge in [0.1, 0.15) is 5.41 Å².